The second kappa shape index (κ2) is 6.06. The Kier molecular flexibility index (Phi) is 4.98. The number of hydrogen-bond acceptors (Lipinski definition) is 4. The summed E-state index contributed by atoms with van der Waals surface area (Å²) in [7, 11) is 6.13. The van der Waals surface area contributed by atoms with Crippen LogP contribution in [0.15, 0.2) is 0 Å². The van der Waals surface area contributed by atoms with Crippen molar-refractivity contribution in [3.05, 3.63) is 5.69 Å². The quantitative estimate of drug-likeness (QED) is 0.480. The van der Waals surface area contributed by atoms with Crippen molar-refractivity contribution in [2.24, 2.45) is 7.05 Å². The zero-order chi connectivity index (χ0) is 13.8. The maximum atomic E-state index is 8.95. The smallest absolute Gasteiger partial charge is 0.147 e. The standard InChI is InChI=1S/C12H26N5O/c1-10-11(13)12(16(2)15-10)14-6-5-7-17(3,4)8-9-18/h14,18H,5-9,13H2,1-4H3/q+1. The fourth-order valence-corrected chi connectivity index (χ4v) is 1.98. The van der Waals surface area contributed by atoms with Crippen LogP contribution < -0.4 is 11.1 Å². The highest BCUT2D eigenvalue weighted by atomic mass is 16.3. The zero-order valence-corrected chi connectivity index (χ0v) is 11.9. The first-order valence-electron chi connectivity index (χ1n) is 6.33. The average molecular weight is 256 g/mol. The summed E-state index contributed by atoms with van der Waals surface area (Å²) < 4.78 is 2.61. The lowest BCUT2D eigenvalue weighted by Crippen LogP contribution is -2.43. The molecule has 4 N–H and O–H groups in total. The number of quaternary nitrogens is 1. The van der Waals surface area contributed by atoms with E-state index in [0.29, 0.717) is 0 Å². The molecule has 104 valence electrons. The molecule has 0 saturated carbocycles. The molecule has 18 heavy (non-hydrogen) atoms. The summed E-state index contributed by atoms with van der Waals surface area (Å²) in [5, 5.41) is 16.5. The molecule has 0 fully saturated rings. The number of likely N-dealkylation sites (N-methyl/N-ethyl adjacent to an activating group) is 1. The Morgan fingerprint density at radius 1 is 1.39 bits per heavy atom. The third-order valence-corrected chi connectivity index (χ3v) is 3.21. The number of anilines is 2. The maximum Gasteiger partial charge on any atom is 0.147 e. The van der Waals surface area contributed by atoms with E-state index in [0.717, 1.165) is 47.7 Å². The zero-order valence-electron chi connectivity index (χ0n) is 11.9. The van der Waals surface area contributed by atoms with Gasteiger partial charge in [-0.15, -0.1) is 0 Å². The summed E-state index contributed by atoms with van der Waals surface area (Å²) >= 11 is 0. The summed E-state index contributed by atoms with van der Waals surface area (Å²) in [5.41, 5.74) is 7.52. The van der Waals surface area contributed by atoms with Crippen LogP contribution in [0, 0.1) is 6.92 Å². The summed E-state index contributed by atoms with van der Waals surface area (Å²) in [4.78, 5) is 0. The number of aliphatic hydroxyl groups is 1. The monoisotopic (exact) mass is 256 g/mol. The second-order valence-electron chi connectivity index (χ2n) is 5.36. The van der Waals surface area contributed by atoms with Crippen LogP contribution in [-0.4, -0.2) is 59.7 Å². The Bertz CT molecular complexity index is 386. The number of aromatic nitrogens is 2. The van der Waals surface area contributed by atoms with Crippen molar-refractivity contribution >= 4 is 11.5 Å². The molecule has 0 radical (unpaired) electrons. The molecular weight excluding hydrogens is 230 g/mol. The molecule has 1 heterocycles. The molecule has 0 aliphatic rings. The topological polar surface area (TPSA) is 76.1 Å². The lowest BCUT2D eigenvalue weighted by atomic mass is 10.3. The number of aliphatic hydroxyl groups excluding tert-OH is 1. The third kappa shape index (κ3) is 3.89. The molecular formula is C12H26N5O+. The van der Waals surface area contributed by atoms with Gasteiger partial charge in [0.25, 0.3) is 0 Å². The lowest BCUT2D eigenvalue weighted by molar-refractivity contribution is -0.890. The van der Waals surface area contributed by atoms with Crippen molar-refractivity contribution in [1.29, 1.82) is 0 Å². The van der Waals surface area contributed by atoms with Crippen LogP contribution in [0.3, 0.4) is 0 Å². The van der Waals surface area contributed by atoms with Crippen molar-refractivity contribution in [3.8, 4) is 0 Å². The number of aryl methyl sites for hydroxylation is 2. The molecule has 0 amide bonds. The van der Waals surface area contributed by atoms with Gasteiger partial charge < -0.3 is 20.6 Å². The molecule has 0 aromatic carbocycles. The van der Waals surface area contributed by atoms with E-state index in [1.165, 1.54) is 0 Å². The number of rotatable bonds is 7. The fourth-order valence-electron chi connectivity index (χ4n) is 1.98. The van der Waals surface area contributed by atoms with Crippen LogP contribution in [0.2, 0.25) is 0 Å². The molecule has 1 aromatic rings. The number of nitrogens with two attached hydrogens (primary N) is 1. The van der Waals surface area contributed by atoms with Crippen molar-refractivity contribution in [3.63, 3.8) is 0 Å². The molecule has 0 aliphatic heterocycles. The van der Waals surface area contributed by atoms with Gasteiger partial charge in [-0.3, -0.25) is 4.68 Å². The Morgan fingerprint density at radius 2 is 2.06 bits per heavy atom. The van der Waals surface area contributed by atoms with Crippen LogP contribution in [0.5, 0.6) is 0 Å². The van der Waals surface area contributed by atoms with E-state index >= 15 is 0 Å². The predicted octanol–water partition coefficient (Wildman–Crippen LogP) is 0.181. The summed E-state index contributed by atoms with van der Waals surface area (Å²) in [5.74, 6) is 0.889. The normalized spacial score (nSPS) is 11.8. The van der Waals surface area contributed by atoms with Gasteiger partial charge in [0, 0.05) is 20.0 Å². The number of hydrogen-bond donors (Lipinski definition) is 3. The summed E-state index contributed by atoms with van der Waals surface area (Å²) in [6, 6.07) is 0. The van der Waals surface area contributed by atoms with E-state index in [1.807, 2.05) is 14.0 Å². The van der Waals surface area contributed by atoms with Crippen LogP contribution in [0.25, 0.3) is 0 Å². The Labute approximate surface area is 109 Å². The third-order valence-electron chi connectivity index (χ3n) is 3.21. The first kappa shape index (κ1) is 14.8. The van der Waals surface area contributed by atoms with Gasteiger partial charge in [-0.1, -0.05) is 0 Å². The summed E-state index contributed by atoms with van der Waals surface area (Å²) in [6.07, 6.45) is 1.02. The van der Waals surface area contributed by atoms with Gasteiger partial charge in [-0.05, 0) is 6.92 Å². The van der Waals surface area contributed by atoms with Crippen molar-refractivity contribution in [2.45, 2.75) is 13.3 Å². The Balaban J connectivity index is 2.38. The molecule has 1 rings (SSSR count). The minimum Gasteiger partial charge on any atom is -0.394 e. The van der Waals surface area contributed by atoms with E-state index in [1.54, 1.807) is 4.68 Å². The van der Waals surface area contributed by atoms with E-state index < -0.39 is 0 Å². The van der Waals surface area contributed by atoms with Crippen LogP contribution in [0.1, 0.15) is 12.1 Å². The molecule has 0 unspecified atom stereocenters. The lowest BCUT2D eigenvalue weighted by Gasteiger charge is -2.28. The molecule has 0 bridgehead atoms. The van der Waals surface area contributed by atoms with Gasteiger partial charge in [-0.25, -0.2) is 0 Å². The SMILES string of the molecule is Cc1nn(C)c(NCCC[N+](C)(C)CCO)c1N. The van der Waals surface area contributed by atoms with Gasteiger partial charge in [0.1, 0.15) is 12.4 Å². The molecule has 0 spiro atoms. The van der Waals surface area contributed by atoms with Crippen LogP contribution >= 0.6 is 0 Å². The summed E-state index contributed by atoms with van der Waals surface area (Å²) in [6.45, 7) is 4.80. The molecule has 1 aromatic heterocycles. The first-order valence-corrected chi connectivity index (χ1v) is 6.33. The Hall–Kier alpha value is -1.27. The van der Waals surface area contributed by atoms with E-state index in [4.69, 9.17) is 10.8 Å². The molecule has 6 nitrogen and oxygen atoms in total. The van der Waals surface area contributed by atoms with Gasteiger partial charge in [0.05, 0.1) is 38.6 Å². The van der Waals surface area contributed by atoms with Gasteiger partial charge in [0.2, 0.25) is 0 Å². The highest BCUT2D eigenvalue weighted by Gasteiger charge is 2.14. The number of nitrogens with one attached hydrogen (secondary N) is 1. The van der Waals surface area contributed by atoms with Gasteiger partial charge in [0.15, 0.2) is 0 Å². The van der Waals surface area contributed by atoms with Crippen molar-refractivity contribution < 1.29 is 9.59 Å². The van der Waals surface area contributed by atoms with Crippen molar-refractivity contribution in [1.82, 2.24) is 9.78 Å². The highest BCUT2D eigenvalue weighted by molar-refractivity contribution is 5.64. The van der Waals surface area contributed by atoms with E-state index in [-0.39, 0.29) is 6.61 Å². The first-order chi connectivity index (χ1) is 8.37. The minimum atomic E-state index is 0.230. The van der Waals surface area contributed by atoms with Gasteiger partial charge in [-0.2, -0.15) is 5.10 Å². The molecule has 6 heteroatoms. The highest BCUT2D eigenvalue weighted by Crippen LogP contribution is 2.20. The number of nitrogens with zero attached hydrogens (tertiary/aromatic N) is 3. The van der Waals surface area contributed by atoms with E-state index in [2.05, 4.69) is 24.5 Å². The van der Waals surface area contributed by atoms with Crippen molar-refractivity contribution in [2.75, 3.05) is 51.4 Å². The minimum absolute atomic E-state index is 0.230. The largest absolute Gasteiger partial charge is 0.394 e. The average Bonchev–Trinajstić information content (AvgIpc) is 2.50. The number of nitrogen functional groups attached to an aromatic ring is 1. The van der Waals surface area contributed by atoms with Crippen LogP contribution in [-0.2, 0) is 7.05 Å². The maximum absolute atomic E-state index is 8.95. The second-order valence-corrected chi connectivity index (χ2v) is 5.36. The fraction of sp³-hybridized carbons (Fsp3) is 0.750. The van der Waals surface area contributed by atoms with Gasteiger partial charge >= 0.3 is 0 Å². The predicted molar refractivity (Wildman–Crippen MR) is 74.4 cm³/mol. The van der Waals surface area contributed by atoms with Crippen LogP contribution in [0.4, 0.5) is 11.5 Å². The molecule has 0 atom stereocenters. The Morgan fingerprint density at radius 3 is 2.56 bits per heavy atom. The van der Waals surface area contributed by atoms with E-state index in [9.17, 15) is 0 Å². The molecule has 0 saturated heterocycles. The molecule has 0 aliphatic carbocycles.